The summed E-state index contributed by atoms with van der Waals surface area (Å²) in [4.78, 5) is 32.9. The second-order valence-corrected chi connectivity index (χ2v) is 13.6. The number of hydrogen-bond acceptors (Lipinski definition) is 7. The molecule has 2 heterocycles. The van der Waals surface area contributed by atoms with E-state index in [1.54, 1.807) is 23.2 Å². The van der Waals surface area contributed by atoms with E-state index >= 15 is 0 Å². The first-order chi connectivity index (χ1) is 19.8. The number of ether oxygens (including phenoxy) is 1. The molecule has 1 saturated carbocycles. The third-order valence-electron chi connectivity index (χ3n) is 6.86. The van der Waals surface area contributed by atoms with Gasteiger partial charge in [0.25, 0.3) is 5.91 Å². The van der Waals surface area contributed by atoms with Crippen LogP contribution in [0.1, 0.15) is 60.9 Å². The van der Waals surface area contributed by atoms with Gasteiger partial charge in [0.2, 0.25) is 5.91 Å². The molecule has 214 valence electrons. The Morgan fingerprint density at radius 1 is 1.15 bits per heavy atom. The summed E-state index contributed by atoms with van der Waals surface area (Å²) in [6.07, 6.45) is 11.1. The number of rotatable bonds is 10. The Morgan fingerprint density at radius 3 is 2.71 bits per heavy atom. The van der Waals surface area contributed by atoms with Crippen LogP contribution >= 0.6 is 58.5 Å². The standard InChI is InChI=1S/C30H29Cl2N3O3S3/c31-21-10-13-25(32)20(16-21)17-24-18-33-29(40-24)34-27(36)7-4-14-35-28(37)26(41-30(35)39)15-19-8-11-23(12-9-19)38-22-5-2-1-3-6-22/h8-13,15-16,18,22H,1-7,14,17H2,(H,33,34,36)/b26-15-. The minimum Gasteiger partial charge on any atom is -0.490 e. The lowest BCUT2D eigenvalue weighted by Gasteiger charge is -2.22. The molecule has 1 aliphatic carbocycles. The summed E-state index contributed by atoms with van der Waals surface area (Å²) in [5.74, 6) is 0.565. The van der Waals surface area contributed by atoms with Gasteiger partial charge in [-0.25, -0.2) is 4.98 Å². The van der Waals surface area contributed by atoms with E-state index < -0.39 is 0 Å². The average Bonchev–Trinajstić information content (AvgIpc) is 3.50. The topological polar surface area (TPSA) is 71.5 Å². The van der Waals surface area contributed by atoms with Crippen molar-refractivity contribution in [2.24, 2.45) is 0 Å². The number of halogens is 2. The first kappa shape index (κ1) is 30.0. The van der Waals surface area contributed by atoms with Crippen molar-refractivity contribution in [3.05, 3.63) is 79.6 Å². The maximum absolute atomic E-state index is 13.0. The number of nitrogens with one attached hydrogen (secondary N) is 1. The van der Waals surface area contributed by atoms with Crippen LogP contribution in [0, 0.1) is 0 Å². The van der Waals surface area contributed by atoms with Crippen LogP contribution in [0.25, 0.3) is 6.08 Å². The summed E-state index contributed by atoms with van der Waals surface area (Å²) in [5.41, 5.74) is 1.82. The highest BCUT2D eigenvalue weighted by atomic mass is 35.5. The van der Waals surface area contributed by atoms with Crippen LogP contribution in [0.5, 0.6) is 5.75 Å². The van der Waals surface area contributed by atoms with E-state index in [1.165, 1.54) is 42.4 Å². The van der Waals surface area contributed by atoms with E-state index in [0.29, 0.717) is 49.9 Å². The molecule has 1 saturated heterocycles. The van der Waals surface area contributed by atoms with Crippen molar-refractivity contribution >= 4 is 85.9 Å². The number of nitrogens with zero attached hydrogens (tertiary/aromatic N) is 2. The van der Waals surface area contributed by atoms with Crippen molar-refractivity contribution in [1.82, 2.24) is 9.88 Å². The van der Waals surface area contributed by atoms with Crippen molar-refractivity contribution in [2.75, 3.05) is 11.9 Å². The van der Waals surface area contributed by atoms with Crippen molar-refractivity contribution in [1.29, 1.82) is 0 Å². The van der Waals surface area contributed by atoms with Crippen molar-refractivity contribution in [3.63, 3.8) is 0 Å². The van der Waals surface area contributed by atoms with Gasteiger partial charge in [-0.1, -0.05) is 65.7 Å². The normalized spacial score (nSPS) is 16.9. The Bertz CT molecular complexity index is 1450. The first-order valence-corrected chi connectivity index (χ1v) is 16.3. The minimum atomic E-state index is -0.164. The number of amides is 2. The van der Waals surface area contributed by atoms with E-state index in [4.69, 9.17) is 40.2 Å². The molecule has 5 rings (SSSR count). The fourth-order valence-electron chi connectivity index (χ4n) is 4.76. The van der Waals surface area contributed by atoms with Gasteiger partial charge in [0.05, 0.1) is 11.0 Å². The molecule has 11 heteroatoms. The number of anilines is 1. The summed E-state index contributed by atoms with van der Waals surface area (Å²) < 4.78 is 6.61. The number of carbonyl (C=O) groups is 2. The van der Waals surface area contributed by atoms with Gasteiger partial charge in [-0.05, 0) is 79.6 Å². The molecule has 2 aromatic carbocycles. The molecule has 2 fully saturated rings. The van der Waals surface area contributed by atoms with Gasteiger partial charge >= 0.3 is 0 Å². The first-order valence-electron chi connectivity index (χ1n) is 13.5. The third kappa shape index (κ3) is 8.32. The molecule has 41 heavy (non-hydrogen) atoms. The minimum absolute atomic E-state index is 0.132. The lowest BCUT2D eigenvalue weighted by Crippen LogP contribution is -2.29. The lowest BCUT2D eigenvalue weighted by atomic mass is 9.98. The zero-order valence-electron chi connectivity index (χ0n) is 22.2. The fourth-order valence-corrected chi connectivity index (χ4v) is 7.29. The Morgan fingerprint density at radius 2 is 1.93 bits per heavy atom. The Hall–Kier alpha value is -2.43. The zero-order valence-corrected chi connectivity index (χ0v) is 26.2. The number of thiazole rings is 1. The van der Waals surface area contributed by atoms with Gasteiger partial charge in [0, 0.05) is 40.5 Å². The lowest BCUT2D eigenvalue weighted by molar-refractivity contribution is -0.122. The predicted molar refractivity (Wildman–Crippen MR) is 173 cm³/mol. The molecule has 0 radical (unpaired) electrons. The number of benzene rings is 2. The average molecular weight is 647 g/mol. The summed E-state index contributed by atoms with van der Waals surface area (Å²) in [6.45, 7) is 0.375. The molecule has 2 amide bonds. The maximum Gasteiger partial charge on any atom is 0.266 e. The Balaban J connectivity index is 1.08. The van der Waals surface area contributed by atoms with E-state index in [0.717, 1.165) is 34.6 Å². The third-order valence-corrected chi connectivity index (χ3v) is 9.76. The quantitative estimate of drug-likeness (QED) is 0.176. The van der Waals surface area contributed by atoms with Gasteiger partial charge in [-0.15, -0.1) is 11.3 Å². The largest absolute Gasteiger partial charge is 0.490 e. The fraction of sp³-hybridized carbons (Fsp3) is 0.333. The molecule has 0 spiro atoms. The van der Waals surface area contributed by atoms with Gasteiger partial charge in [0.15, 0.2) is 5.13 Å². The highest BCUT2D eigenvalue weighted by molar-refractivity contribution is 8.26. The molecule has 1 aliphatic heterocycles. The van der Waals surface area contributed by atoms with E-state index in [9.17, 15) is 9.59 Å². The number of carbonyl (C=O) groups excluding carboxylic acids is 2. The van der Waals surface area contributed by atoms with Crippen LogP contribution in [-0.2, 0) is 16.0 Å². The van der Waals surface area contributed by atoms with E-state index in [1.807, 2.05) is 36.4 Å². The molecule has 0 atom stereocenters. The molecule has 0 bridgehead atoms. The van der Waals surface area contributed by atoms with Crippen molar-refractivity contribution in [3.8, 4) is 5.75 Å². The summed E-state index contributed by atoms with van der Waals surface area (Å²) in [5, 5.41) is 4.61. The zero-order chi connectivity index (χ0) is 28.8. The van der Waals surface area contributed by atoms with Crippen molar-refractivity contribution in [2.45, 2.75) is 57.5 Å². The van der Waals surface area contributed by atoms with Crippen LogP contribution in [0.4, 0.5) is 5.13 Å². The van der Waals surface area contributed by atoms with Crippen LogP contribution < -0.4 is 10.1 Å². The van der Waals surface area contributed by atoms with E-state index in [-0.39, 0.29) is 18.2 Å². The van der Waals surface area contributed by atoms with E-state index in [2.05, 4.69) is 10.3 Å². The van der Waals surface area contributed by atoms with Crippen LogP contribution in [-0.4, -0.2) is 38.7 Å². The van der Waals surface area contributed by atoms with Crippen molar-refractivity contribution < 1.29 is 14.3 Å². The van der Waals surface area contributed by atoms with Crippen LogP contribution in [0.15, 0.2) is 53.6 Å². The number of thiocarbonyl (C=S) groups is 1. The SMILES string of the molecule is O=C(CCCN1C(=O)/C(=C/c2ccc(OC3CCCCC3)cc2)SC1=S)Nc1ncc(Cc2cc(Cl)ccc2Cl)s1. The monoisotopic (exact) mass is 645 g/mol. The number of hydrogen-bond donors (Lipinski definition) is 1. The molecule has 3 aromatic rings. The highest BCUT2D eigenvalue weighted by Gasteiger charge is 2.31. The smallest absolute Gasteiger partial charge is 0.266 e. The summed E-state index contributed by atoms with van der Waals surface area (Å²) >= 11 is 20.5. The second-order valence-electron chi connectivity index (χ2n) is 9.98. The predicted octanol–water partition coefficient (Wildman–Crippen LogP) is 8.37. The van der Waals surface area contributed by atoms with Gasteiger partial charge < -0.3 is 10.1 Å². The molecular weight excluding hydrogens is 617 g/mol. The number of thioether (sulfide) groups is 1. The maximum atomic E-state index is 13.0. The van der Waals surface area contributed by atoms with Gasteiger partial charge in [0.1, 0.15) is 10.1 Å². The molecule has 2 aliphatic rings. The molecule has 1 aromatic heterocycles. The summed E-state index contributed by atoms with van der Waals surface area (Å²) in [6, 6.07) is 13.2. The summed E-state index contributed by atoms with van der Waals surface area (Å²) in [7, 11) is 0. The Labute approximate surface area is 263 Å². The second kappa shape index (κ2) is 14.2. The van der Waals surface area contributed by atoms with Gasteiger partial charge in [-0.2, -0.15) is 0 Å². The molecule has 6 nitrogen and oxygen atoms in total. The van der Waals surface area contributed by atoms with Crippen LogP contribution in [0.2, 0.25) is 10.0 Å². The molecular formula is C30H29Cl2N3O3S3. The molecule has 0 unspecified atom stereocenters. The highest BCUT2D eigenvalue weighted by Crippen LogP contribution is 2.33. The van der Waals surface area contributed by atoms with Gasteiger partial charge in [-0.3, -0.25) is 14.5 Å². The number of aromatic nitrogens is 1. The molecule has 1 N–H and O–H groups in total. The Kier molecular flexibility index (Phi) is 10.4. The van der Waals surface area contributed by atoms with Crippen LogP contribution in [0.3, 0.4) is 0 Å².